The second-order valence-corrected chi connectivity index (χ2v) is 9.44. The predicted octanol–water partition coefficient (Wildman–Crippen LogP) is 2.08. The summed E-state index contributed by atoms with van der Waals surface area (Å²) >= 11 is 0. The number of piperidine rings is 1. The van der Waals surface area contributed by atoms with Crippen molar-refractivity contribution in [3.8, 4) is 0 Å². The van der Waals surface area contributed by atoms with Crippen LogP contribution in [0.15, 0.2) is 0 Å². The zero-order valence-corrected chi connectivity index (χ0v) is 15.4. The van der Waals surface area contributed by atoms with E-state index >= 15 is 0 Å². The van der Waals surface area contributed by atoms with Crippen molar-refractivity contribution < 1.29 is 14.7 Å². The topological polar surface area (TPSA) is 69.6 Å². The molecule has 1 saturated heterocycles. The molecule has 2 N–H and O–H groups in total. The van der Waals surface area contributed by atoms with Crippen molar-refractivity contribution in [2.24, 2.45) is 23.2 Å². The van der Waals surface area contributed by atoms with Crippen LogP contribution in [-0.4, -0.2) is 47.1 Å². The number of rotatable bonds is 4. The van der Waals surface area contributed by atoms with Crippen LogP contribution in [0.4, 0.5) is 0 Å². The van der Waals surface area contributed by atoms with Gasteiger partial charge in [0.15, 0.2) is 0 Å². The first kappa shape index (κ1) is 17.3. The number of likely N-dealkylation sites (tertiary alicyclic amines) is 1. The van der Waals surface area contributed by atoms with Gasteiger partial charge in [-0.2, -0.15) is 0 Å². The molecule has 140 valence electrons. The first-order valence-corrected chi connectivity index (χ1v) is 10.2. The van der Waals surface area contributed by atoms with Crippen LogP contribution in [-0.2, 0) is 9.59 Å². The van der Waals surface area contributed by atoms with Crippen LogP contribution in [0, 0.1) is 23.2 Å². The minimum atomic E-state index is -0.504. The maximum atomic E-state index is 13.0. The van der Waals surface area contributed by atoms with E-state index < -0.39 is 5.60 Å². The fraction of sp³-hybridized carbons (Fsp3) is 0.900. The highest BCUT2D eigenvalue weighted by molar-refractivity contribution is 5.81. The molecule has 0 aromatic carbocycles. The molecule has 0 aromatic rings. The minimum Gasteiger partial charge on any atom is -0.390 e. The fourth-order valence-electron chi connectivity index (χ4n) is 6.78. The van der Waals surface area contributed by atoms with Gasteiger partial charge in [0.2, 0.25) is 11.8 Å². The van der Waals surface area contributed by atoms with E-state index in [0.717, 1.165) is 51.5 Å². The van der Waals surface area contributed by atoms with E-state index in [0.29, 0.717) is 31.3 Å². The predicted molar refractivity (Wildman–Crippen MR) is 94.7 cm³/mol. The molecule has 5 fully saturated rings. The van der Waals surface area contributed by atoms with Gasteiger partial charge in [-0.3, -0.25) is 9.59 Å². The lowest BCUT2D eigenvalue weighted by Gasteiger charge is -2.60. The summed E-state index contributed by atoms with van der Waals surface area (Å²) < 4.78 is 0. The molecule has 3 atom stereocenters. The van der Waals surface area contributed by atoms with Crippen LogP contribution in [0.1, 0.15) is 64.7 Å². The molecule has 2 amide bonds. The SMILES string of the molecule is CCNC(=O)[C@@H]1CCCN(C(=O)CC23C[C@H]4C[C@@H](CC(O)(C4)C2)C3)C1. The first-order valence-electron chi connectivity index (χ1n) is 10.2. The third-order valence-electron chi connectivity index (χ3n) is 7.17. The Labute approximate surface area is 150 Å². The molecule has 4 saturated carbocycles. The number of aliphatic hydroxyl groups is 1. The molecule has 1 aliphatic heterocycles. The third-order valence-corrected chi connectivity index (χ3v) is 7.17. The maximum Gasteiger partial charge on any atom is 0.224 e. The summed E-state index contributed by atoms with van der Waals surface area (Å²) in [4.78, 5) is 27.1. The normalized spacial score (nSPS) is 42.5. The third kappa shape index (κ3) is 3.32. The molecule has 0 aromatic heterocycles. The summed E-state index contributed by atoms with van der Waals surface area (Å²) in [6.45, 7) is 3.93. The molecule has 4 aliphatic carbocycles. The Balaban J connectivity index is 1.41. The number of amides is 2. The Kier molecular flexibility index (Phi) is 4.33. The number of nitrogens with zero attached hydrogens (tertiary/aromatic N) is 1. The highest BCUT2D eigenvalue weighted by atomic mass is 16.3. The van der Waals surface area contributed by atoms with Gasteiger partial charge in [0, 0.05) is 26.1 Å². The number of nitrogens with one attached hydrogen (secondary N) is 1. The Morgan fingerprint density at radius 2 is 1.92 bits per heavy atom. The second-order valence-electron chi connectivity index (χ2n) is 9.44. The average molecular weight is 348 g/mol. The van der Waals surface area contributed by atoms with Crippen LogP contribution in [0.5, 0.6) is 0 Å². The zero-order valence-electron chi connectivity index (χ0n) is 15.4. The van der Waals surface area contributed by atoms with Crippen molar-refractivity contribution in [3.05, 3.63) is 0 Å². The van der Waals surface area contributed by atoms with Gasteiger partial charge in [0.1, 0.15) is 0 Å². The van der Waals surface area contributed by atoms with E-state index in [1.54, 1.807) is 0 Å². The van der Waals surface area contributed by atoms with Gasteiger partial charge in [-0.25, -0.2) is 0 Å². The number of carbonyl (C=O) groups excluding carboxylic acids is 2. The molecule has 25 heavy (non-hydrogen) atoms. The summed E-state index contributed by atoms with van der Waals surface area (Å²) in [5, 5.41) is 13.8. The molecule has 5 heteroatoms. The van der Waals surface area contributed by atoms with Gasteiger partial charge in [-0.1, -0.05) is 0 Å². The van der Waals surface area contributed by atoms with E-state index in [4.69, 9.17) is 0 Å². The summed E-state index contributed by atoms with van der Waals surface area (Å²) in [5.41, 5.74) is -0.482. The van der Waals surface area contributed by atoms with E-state index in [1.807, 2.05) is 11.8 Å². The lowest BCUT2D eigenvalue weighted by atomic mass is 9.47. The second kappa shape index (κ2) is 6.26. The number of hydrogen-bond donors (Lipinski definition) is 2. The Hall–Kier alpha value is -1.10. The summed E-state index contributed by atoms with van der Waals surface area (Å²) in [6.07, 6.45) is 8.56. The van der Waals surface area contributed by atoms with Crippen molar-refractivity contribution in [1.82, 2.24) is 10.2 Å². The average Bonchev–Trinajstić information content (AvgIpc) is 2.52. The van der Waals surface area contributed by atoms with Crippen molar-refractivity contribution in [1.29, 1.82) is 0 Å². The van der Waals surface area contributed by atoms with Crippen molar-refractivity contribution >= 4 is 11.8 Å². The van der Waals surface area contributed by atoms with E-state index in [-0.39, 0.29) is 23.1 Å². The standard InChI is InChI=1S/C20H32N2O3/c1-2-21-18(24)16-4-3-5-22(12-16)17(23)11-19-7-14-6-15(8-19)10-20(25,9-14)13-19/h14-16,25H,2-13H2,1H3,(H,21,24)/t14-,15-,16-,19?,20?/m1/s1. The largest absolute Gasteiger partial charge is 0.390 e. The first-order chi connectivity index (χ1) is 11.9. The van der Waals surface area contributed by atoms with Crippen molar-refractivity contribution in [3.63, 3.8) is 0 Å². The smallest absolute Gasteiger partial charge is 0.224 e. The van der Waals surface area contributed by atoms with Crippen LogP contribution in [0.3, 0.4) is 0 Å². The van der Waals surface area contributed by atoms with Crippen LogP contribution < -0.4 is 5.32 Å². The summed E-state index contributed by atoms with van der Waals surface area (Å²) in [5.74, 6) is 1.47. The number of hydrogen-bond acceptors (Lipinski definition) is 3. The molecule has 0 radical (unpaired) electrons. The van der Waals surface area contributed by atoms with Crippen molar-refractivity contribution in [2.75, 3.05) is 19.6 Å². The lowest BCUT2D eigenvalue weighted by molar-refractivity contribution is -0.172. The van der Waals surface area contributed by atoms with Gasteiger partial charge in [0.25, 0.3) is 0 Å². The van der Waals surface area contributed by atoms with Crippen LogP contribution >= 0.6 is 0 Å². The van der Waals surface area contributed by atoms with Gasteiger partial charge >= 0.3 is 0 Å². The summed E-state index contributed by atoms with van der Waals surface area (Å²) in [7, 11) is 0. The summed E-state index contributed by atoms with van der Waals surface area (Å²) in [6, 6.07) is 0. The molecular formula is C20H32N2O3. The Morgan fingerprint density at radius 3 is 2.56 bits per heavy atom. The van der Waals surface area contributed by atoms with Crippen LogP contribution in [0.2, 0.25) is 0 Å². The van der Waals surface area contributed by atoms with Crippen molar-refractivity contribution in [2.45, 2.75) is 70.3 Å². The molecule has 0 spiro atoms. The van der Waals surface area contributed by atoms with Gasteiger partial charge < -0.3 is 15.3 Å². The number of carbonyl (C=O) groups is 2. The van der Waals surface area contributed by atoms with Gasteiger partial charge in [0.05, 0.1) is 11.5 Å². The van der Waals surface area contributed by atoms with E-state index in [2.05, 4.69) is 5.32 Å². The molecule has 0 unspecified atom stereocenters. The lowest BCUT2D eigenvalue weighted by Crippen LogP contribution is -2.57. The van der Waals surface area contributed by atoms with Crippen LogP contribution in [0.25, 0.3) is 0 Å². The van der Waals surface area contributed by atoms with Gasteiger partial charge in [-0.15, -0.1) is 0 Å². The molecule has 5 nitrogen and oxygen atoms in total. The molecule has 4 bridgehead atoms. The molecule has 5 rings (SSSR count). The Morgan fingerprint density at radius 1 is 1.20 bits per heavy atom. The monoisotopic (exact) mass is 348 g/mol. The molecular weight excluding hydrogens is 316 g/mol. The highest BCUT2D eigenvalue weighted by Crippen LogP contribution is 2.62. The van der Waals surface area contributed by atoms with E-state index in [1.165, 1.54) is 6.42 Å². The molecule has 1 heterocycles. The van der Waals surface area contributed by atoms with E-state index in [9.17, 15) is 14.7 Å². The minimum absolute atomic E-state index is 0.0224. The molecule has 5 aliphatic rings. The van der Waals surface area contributed by atoms with Gasteiger partial charge in [-0.05, 0) is 75.5 Å². The quantitative estimate of drug-likeness (QED) is 0.817. The fourth-order valence-corrected chi connectivity index (χ4v) is 6.78. The zero-order chi connectivity index (χ0) is 17.7. The highest BCUT2D eigenvalue weighted by Gasteiger charge is 2.57. The maximum absolute atomic E-state index is 13.0. The Bertz CT molecular complexity index is 547.